The fourth-order valence-corrected chi connectivity index (χ4v) is 3.48. The molecule has 1 nitrogen and oxygen atoms in total. The van der Waals surface area contributed by atoms with Gasteiger partial charge in [0.05, 0.1) is 5.92 Å². The van der Waals surface area contributed by atoms with E-state index in [1.54, 1.807) is 0 Å². The number of hydrogen-bond acceptors (Lipinski definition) is 1. The molecule has 1 radical (unpaired) electrons. The number of hydrogen-bond donors (Lipinski definition) is 0. The molecule has 0 aliphatic heterocycles. The number of Topliss-reactive ketones (excluding diaryl/α,β-unsaturated/α-hetero) is 1. The van der Waals surface area contributed by atoms with E-state index >= 15 is 0 Å². The van der Waals surface area contributed by atoms with Gasteiger partial charge in [-0.2, -0.15) is 0 Å². The SMILES string of the molecule is CC(C)c1[c]c(C(C)C)c(C(=O)C(c2ccccc2)c2ccccc2)cc1. The highest BCUT2D eigenvalue weighted by atomic mass is 16.1. The van der Waals surface area contributed by atoms with Crippen LogP contribution in [0.1, 0.15) is 78.1 Å². The molecule has 0 amide bonds. The van der Waals surface area contributed by atoms with Crippen LogP contribution in [0.4, 0.5) is 0 Å². The van der Waals surface area contributed by atoms with Crippen LogP contribution in [-0.2, 0) is 0 Å². The van der Waals surface area contributed by atoms with E-state index in [0.717, 1.165) is 27.8 Å². The van der Waals surface area contributed by atoms with E-state index in [2.05, 4.69) is 39.8 Å². The van der Waals surface area contributed by atoms with Crippen LogP contribution in [-0.4, -0.2) is 5.78 Å². The molecular weight excluding hydrogens is 328 g/mol. The zero-order chi connectivity index (χ0) is 19.4. The molecule has 0 saturated heterocycles. The molecular formula is C26H27O. The summed E-state index contributed by atoms with van der Waals surface area (Å²) < 4.78 is 0. The molecule has 0 heterocycles. The van der Waals surface area contributed by atoms with Gasteiger partial charge in [-0.25, -0.2) is 0 Å². The minimum Gasteiger partial charge on any atom is -0.293 e. The van der Waals surface area contributed by atoms with E-state index in [9.17, 15) is 4.79 Å². The lowest BCUT2D eigenvalue weighted by molar-refractivity contribution is 0.0972. The van der Waals surface area contributed by atoms with E-state index in [-0.39, 0.29) is 17.6 Å². The molecule has 0 atom stereocenters. The highest BCUT2D eigenvalue weighted by molar-refractivity contribution is 6.04. The van der Waals surface area contributed by atoms with Crippen LogP contribution in [0.5, 0.6) is 0 Å². The van der Waals surface area contributed by atoms with Gasteiger partial charge in [0.25, 0.3) is 0 Å². The van der Waals surface area contributed by atoms with Crippen molar-refractivity contribution in [1.29, 1.82) is 0 Å². The molecule has 27 heavy (non-hydrogen) atoms. The molecule has 0 fully saturated rings. The van der Waals surface area contributed by atoms with E-state index in [1.165, 1.54) is 0 Å². The Labute approximate surface area is 163 Å². The van der Waals surface area contributed by atoms with Gasteiger partial charge in [0.15, 0.2) is 5.78 Å². The van der Waals surface area contributed by atoms with Gasteiger partial charge in [0.1, 0.15) is 0 Å². The van der Waals surface area contributed by atoms with Crippen LogP contribution < -0.4 is 0 Å². The lowest BCUT2D eigenvalue weighted by Crippen LogP contribution is -2.17. The highest BCUT2D eigenvalue weighted by Crippen LogP contribution is 2.32. The van der Waals surface area contributed by atoms with Gasteiger partial charge < -0.3 is 0 Å². The second-order valence-corrected chi connectivity index (χ2v) is 7.67. The molecule has 137 valence electrons. The van der Waals surface area contributed by atoms with Crippen molar-refractivity contribution in [2.45, 2.75) is 45.4 Å². The Hall–Kier alpha value is -2.67. The highest BCUT2D eigenvalue weighted by Gasteiger charge is 2.26. The monoisotopic (exact) mass is 355 g/mol. The predicted molar refractivity (Wildman–Crippen MR) is 113 cm³/mol. The molecule has 0 bridgehead atoms. The summed E-state index contributed by atoms with van der Waals surface area (Å²) >= 11 is 0. The lowest BCUT2D eigenvalue weighted by Gasteiger charge is -2.21. The maximum atomic E-state index is 13.7. The van der Waals surface area contributed by atoms with Crippen molar-refractivity contribution in [3.05, 3.63) is 107 Å². The van der Waals surface area contributed by atoms with Gasteiger partial charge in [-0.05, 0) is 40.2 Å². The third kappa shape index (κ3) is 4.19. The van der Waals surface area contributed by atoms with Crippen LogP contribution in [0.3, 0.4) is 0 Å². The van der Waals surface area contributed by atoms with Crippen LogP contribution in [0.15, 0.2) is 72.8 Å². The lowest BCUT2D eigenvalue weighted by atomic mass is 9.81. The Bertz CT molecular complexity index is 853. The van der Waals surface area contributed by atoms with Crippen molar-refractivity contribution >= 4 is 5.78 Å². The molecule has 3 rings (SSSR count). The van der Waals surface area contributed by atoms with Gasteiger partial charge in [0, 0.05) is 5.56 Å². The maximum absolute atomic E-state index is 13.7. The molecule has 0 N–H and O–H groups in total. The third-order valence-corrected chi connectivity index (χ3v) is 4.99. The molecule has 0 spiro atoms. The summed E-state index contributed by atoms with van der Waals surface area (Å²) in [6, 6.07) is 27.7. The normalized spacial score (nSPS) is 11.4. The smallest absolute Gasteiger partial charge is 0.175 e. The van der Waals surface area contributed by atoms with Crippen molar-refractivity contribution in [3.63, 3.8) is 0 Å². The zero-order valence-electron chi connectivity index (χ0n) is 16.6. The molecule has 3 aromatic carbocycles. The number of carbonyl (C=O) groups excluding carboxylic acids is 1. The number of carbonyl (C=O) groups is 1. The Morgan fingerprint density at radius 2 is 1.22 bits per heavy atom. The van der Waals surface area contributed by atoms with Gasteiger partial charge in [-0.1, -0.05) is 100 Å². The Morgan fingerprint density at radius 1 is 0.704 bits per heavy atom. The van der Waals surface area contributed by atoms with Crippen molar-refractivity contribution in [1.82, 2.24) is 0 Å². The number of ketones is 1. The van der Waals surface area contributed by atoms with Gasteiger partial charge in [0.2, 0.25) is 0 Å². The molecule has 0 aromatic heterocycles. The summed E-state index contributed by atoms with van der Waals surface area (Å²) in [5, 5.41) is 0. The van der Waals surface area contributed by atoms with Crippen molar-refractivity contribution in [2.24, 2.45) is 0 Å². The first kappa shape index (κ1) is 19.1. The summed E-state index contributed by atoms with van der Waals surface area (Å²) in [6.07, 6.45) is 0. The minimum atomic E-state index is -0.303. The summed E-state index contributed by atoms with van der Waals surface area (Å²) in [7, 11) is 0. The fraction of sp³-hybridized carbons (Fsp3) is 0.269. The molecule has 0 saturated carbocycles. The molecule has 0 unspecified atom stereocenters. The second kappa shape index (κ2) is 8.35. The first-order valence-corrected chi connectivity index (χ1v) is 9.69. The quantitative estimate of drug-likeness (QED) is 0.447. The largest absolute Gasteiger partial charge is 0.293 e. The zero-order valence-corrected chi connectivity index (χ0v) is 16.6. The first-order valence-electron chi connectivity index (χ1n) is 9.69. The number of rotatable bonds is 6. The molecule has 0 aliphatic carbocycles. The van der Waals surface area contributed by atoms with Crippen molar-refractivity contribution in [3.8, 4) is 0 Å². The maximum Gasteiger partial charge on any atom is 0.175 e. The predicted octanol–water partition coefficient (Wildman–Crippen LogP) is 6.75. The van der Waals surface area contributed by atoms with Crippen molar-refractivity contribution in [2.75, 3.05) is 0 Å². The average Bonchev–Trinajstić information content (AvgIpc) is 2.69. The Morgan fingerprint density at radius 3 is 1.67 bits per heavy atom. The van der Waals surface area contributed by atoms with E-state index in [1.807, 2.05) is 66.7 Å². The van der Waals surface area contributed by atoms with Crippen LogP contribution in [0.25, 0.3) is 0 Å². The summed E-state index contributed by atoms with van der Waals surface area (Å²) in [6.45, 7) is 8.59. The van der Waals surface area contributed by atoms with E-state index < -0.39 is 0 Å². The molecule has 0 aliphatic rings. The summed E-state index contributed by atoms with van der Waals surface area (Å²) in [5.74, 6) is 0.478. The van der Waals surface area contributed by atoms with Gasteiger partial charge >= 0.3 is 0 Å². The van der Waals surface area contributed by atoms with E-state index in [0.29, 0.717) is 5.92 Å². The average molecular weight is 356 g/mol. The first-order chi connectivity index (χ1) is 13.0. The Kier molecular flexibility index (Phi) is 5.91. The molecule has 3 aromatic rings. The Balaban J connectivity index is 2.13. The van der Waals surface area contributed by atoms with E-state index in [4.69, 9.17) is 0 Å². The summed E-state index contributed by atoms with van der Waals surface area (Å²) in [5.41, 5.74) is 5.01. The molecule has 1 heteroatoms. The van der Waals surface area contributed by atoms with Crippen LogP contribution >= 0.6 is 0 Å². The minimum absolute atomic E-state index is 0.141. The van der Waals surface area contributed by atoms with Gasteiger partial charge in [-0.15, -0.1) is 0 Å². The standard InChI is InChI=1S/C26H27O/c1-18(2)22-15-16-23(24(17-22)19(3)4)26(27)25(20-11-7-5-8-12-20)21-13-9-6-10-14-21/h5-16,18-19,25H,1-4H3. The number of benzene rings is 3. The fourth-order valence-electron chi connectivity index (χ4n) is 3.48. The summed E-state index contributed by atoms with van der Waals surface area (Å²) in [4.78, 5) is 13.7. The third-order valence-electron chi connectivity index (χ3n) is 4.99. The topological polar surface area (TPSA) is 17.1 Å². The van der Waals surface area contributed by atoms with Crippen LogP contribution in [0.2, 0.25) is 0 Å². The second-order valence-electron chi connectivity index (χ2n) is 7.67. The van der Waals surface area contributed by atoms with Gasteiger partial charge in [-0.3, -0.25) is 4.79 Å². The van der Waals surface area contributed by atoms with Crippen LogP contribution in [0, 0.1) is 6.07 Å². The van der Waals surface area contributed by atoms with Crippen molar-refractivity contribution < 1.29 is 4.79 Å².